The topological polar surface area (TPSA) is 15.3 Å². The molecule has 1 saturated heterocycles. The van der Waals surface area contributed by atoms with Gasteiger partial charge < -0.3 is 5.32 Å². The van der Waals surface area contributed by atoms with E-state index in [-0.39, 0.29) is 0 Å². The van der Waals surface area contributed by atoms with Crippen molar-refractivity contribution >= 4 is 0 Å². The normalized spacial score (nSPS) is 34.2. The minimum Gasteiger partial charge on any atom is -0.307 e. The lowest BCUT2D eigenvalue weighted by molar-refractivity contribution is 0.105. The predicted molar refractivity (Wildman–Crippen MR) is 80.2 cm³/mol. The molecule has 104 valence electrons. The number of nitrogens with zero attached hydrogens (tertiary/aromatic N) is 1. The van der Waals surface area contributed by atoms with Crippen LogP contribution in [0, 0.1) is 5.41 Å². The molecule has 1 aromatic rings. The highest BCUT2D eigenvalue weighted by atomic mass is 15.3. The maximum absolute atomic E-state index is 3.73. The summed E-state index contributed by atoms with van der Waals surface area (Å²) in [5, 5.41) is 3.73. The van der Waals surface area contributed by atoms with Crippen molar-refractivity contribution in [2.75, 3.05) is 13.1 Å². The zero-order valence-electron chi connectivity index (χ0n) is 12.4. The van der Waals surface area contributed by atoms with Crippen LogP contribution in [0.5, 0.6) is 0 Å². The maximum Gasteiger partial charge on any atom is 0.0450 e. The van der Waals surface area contributed by atoms with Crippen LogP contribution in [0.3, 0.4) is 0 Å². The second-order valence-electron chi connectivity index (χ2n) is 6.84. The highest BCUT2D eigenvalue weighted by Gasteiger charge is 2.51. The van der Waals surface area contributed by atoms with E-state index in [4.69, 9.17) is 0 Å². The fourth-order valence-electron chi connectivity index (χ4n) is 3.49. The molecule has 2 heteroatoms. The quantitative estimate of drug-likeness (QED) is 0.895. The molecule has 3 atom stereocenters. The zero-order chi connectivity index (χ0) is 13.5. The van der Waals surface area contributed by atoms with Crippen LogP contribution in [0.1, 0.15) is 45.2 Å². The number of hydrogen-bond donors (Lipinski definition) is 1. The van der Waals surface area contributed by atoms with Crippen LogP contribution in [0.2, 0.25) is 0 Å². The fourth-order valence-corrected chi connectivity index (χ4v) is 3.49. The first-order valence-corrected chi connectivity index (χ1v) is 7.66. The molecule has 0 amide bonds. The van der Waals surface area contributed by atoms with Crippen molar-refractivity contribution < 1.29 is 0 Å². The molecule has 1 aromatic carbocycles. The second-order valence-corrected chi connectivity index (χ2v) is 6.84. The van der Waals surface area contributed by atoms with Crippen LogP contribution in [-0.2, 0) is 0 Å². The van der Waals surface area contributed by atoms with E-state index in [0.717, 1.165) is 19.1 Å². The summed E-state index contributed by atoms with van der Waals surface area (Å²) in [6.45, 7) is 9.42. The summed E-state index contributed by atoms with van der Waals surface area (Å²) in [6, 6.07) is 12.9. The average Bonchev–Trinajstić information content (AvgIpc) is 3.08. The van der Waals surface area contributed by atoms with Gasteiger partial charge in [-0.1, -0.05) is 51.1 Å². The lowest BCUT2D eigenvalue weighted by Gasteiger charge is -2.41. The van der Waals surface area contributed by atoms with Gasteiger partial charge in [-0.2, -0.15) is 0 Å². The molecule has 0 bridgehead atoms. The van der Waals surface area contributed by atoms with Gasteiger partial charge in [-0.3, -0.25) is 4.90 Å². The molecule has 1 aliphatic carbocycles. The summed E-state index contributed by atoms with van der Waals surface area (Å²) < 4.78 is 0. The molecule has 19 heavy (non-hydrogen) atoms. The van der Waals surface area contributed by atoms with E-state index in [2.05, 4.69) is 61.3 Å². The largest absolute Gasteiger partial charge is 0.307 e. The van der Waals surface area contributed by atoms with Gasteiger partial charge in [0.05, 0.1) is 0 Å². The first-order chi connectivity index (χ1) is 9.12. The molecule has 2 aliphatic rings. The van der Waals surface area contributed by atoms with Gasteiger partial charge in [0.1, 0.15) is 0 Å². The van der Waals surface area contributed by atoms with Gasteiger partial charge in [0.25, 0.3) is 0 Å². The van der Waals surface area contributed by atoms with Crippen molar-refractivity contribution in [3.05, 3.63) is 35.9 Å². The van der Waals surface area contributed by atoms with Crippen molar-refractivity contribution in [2.45, 2.75) is 51.7 Å². The van der Waals surface area contributed by atoms with E-state index >= 15 is 0 Å². The van der Waals surface area contributed by atoms with Crippen LogP contribution < -0.4 is 5.32 Å². The van der Waals surface area contributed by atoms with Crippen LogP contribution >= 0.6 is 0 Å². The molecule has 1 saturated carbocycles. The van der Waals surface area contributed by atoms with E-state index in [1.54, 1.807) is 0 Å². The molecule has 0 aromatic heterocycles. The van der Waals surface area contributed by atoms with Crippen LogP contribution in [0.4, 0.5) is 0 Å². The van der Waals surface area contributed by atoms with E-state index in [1.165, 1.54) is 18.4 Å². The Bertz CT molecular complexity index is 424. The average molecular weight is 258 g/mol. The van der Waals surface area contributed by atoms with Crippen molar-refractivity contribution in [1.29, 1.82) is 0 Å². The first-order valence-electron chi connectivity index (χ1n) is 7.66. The highest BCUT2D eigenvalue weighted by molar-refractivity contribution is 5.21. The predicted octanol–water partition coefficient (Wildman–Crippen LogP) is 3.21. The number of rotatable bonds is 3. The Morgan fingerprint density at radius 1 is 1.26 bits per heavy atom. The Kier molecular flexibility index (Phi) is 3.40. The van der Waals surface area contributed by atoms with Crippen molar-refractivity contribution in [3.63, 3.8) is 0 Å². The van der Waals surface area contributed by atoms with Gasteiger partial charge in [-0.15, -0.1) is 0 Å². The van der Waals surface area contributed by atoms with E-state index in [0.29, 0.717) is 17.5 Å². The minimum absolute atomic E-state index is 0.500. The van der Waals surface area contributed by atoms with Gasteiger partial charge in [0.15, 0.2) is 0 Å². The van der Waals surface area contributed by atoms with E-state index in [1.807, 2.05) is 0 Å². The Hall–Kier alpha value is -0.860. The summed E-state index contributed by atoms with van der Waals surface area (Å²) in [6.07, 6.45) is 2.62. The van der Waals surface area contributed by atoms with Crippen LogP contribution in [0.15, 0.2) is 30.3 Å². The molecule has 1 N–H and O–H groups in total. The molecule has 0 radical (unpaired) electrons. The van der Waals surface area contributed by atoms with Gasteiger partial charge in [-0.25, -0.2) is 0 Å². The van der Waals surface area contributed by atoms with Gasteiger partial charge >= 0.3 is 0 Å². The van der Waals surface area contributed by atoms with Crippen molar-refractivity contribution in [3.8, 4) is 0 Å². The SMILES string of the molecule is CCC1CNC(c2ccccc2)CN1C1CC1(C)C. The maximum atomic E-state index is 3.73. The molecular weight excluding hydrogens is 232 g/mol. The molecule has 1 heterocycles. The lowest BCUT2D eigenvalue weighted by Crippen LogP contribution is -2.54. The fraction of sp³-hybridized carbons (Fsp3) is 0.647. The summed E-state index contributed by atoms with van der Waals surface area (Å²) >= 11 is 0. The Morgan fingerprint density at radius 2 is 1.95 bits per heavy atom. The van der Waals surface area contributed by atoms with E-state index < -0.39 is 0 Å². The van der Waals surface area contributed by atoms with Gasteiger partial charge in [-0.05, 0) is 23.8 Å². The number of nitrogens with one attached hydrogen (secondary N) is 1. The second kappa shape index (κ2) is 4.92. The molecular formula is C17H26N2. The summed E-state index contributed by atoms with van der Waals surface area (Å²) in [5.74, 6) is 0. The zero-order valence-corrected chi connectivity index (χ0v) is 12.4. The number of piperazine rings is 1. The molecule has 1 aliphatic heterocycles. The molecule has 0 spiro atoms. The third kappa shape index (κ3) is 2.56. The molecule has 3 rings (SSSR count). The summed E-state index contributed by atoms with van der Waals surface area (Å²) in [4.78, 5) is 2.77. The molecule has 2 nitrogen and oxygen atoms in total. The smallest absolute Gasteiger partial charge is 0.0450 e. The summed E-state index contributed by atoms with van der Waals surface area (Å²) in [7, 11) is 0. The molecule has 3 unspecified atom stereocenters. The first kappa shape index (κ1) is 13.1. The monoisotopic (exact) mass is 258 g/mol. The lowest BCUT2D eigenvalue weighted by atomic mass is 9.99. The third-order valence-corrected chi connectivity index (χ3v) is 5.00. The number of benzene rings is 1. The third-order valence-electron chi connectivity index (χ3n) is 5.00. The molecule has 2 fully saturated rings. The van der Waals surface area contributed by atoms with Crippen molar-refractivity contribution in [1.82, 2.24) is 10.2 Å². The Labute approximate surface area is 117 Å². The van der Waals surface area contributed by atoms with Crippen molar-refractivity contribution in [2.24, 2.45) is 5.41 Å². The van der Waals surface area contributed by atoms with Crippen LogP contribution in [-0.4, -0.2) is 30.1 Å². The Morgan fingerprint density at radius 3 is 2.53 bits per heavy atom. The highest BCUT2D eigenvalue weighted by Crippen LogP contribution is 2.50. The van der Waals surface area contributed by atoms with Gasteiger partial charge in [0, 0.05) is 31.2 Å². The number of hydrogen-bond acceptors (Lipinski definition) is 2. The minimum atomic E-state index is 0.500. The standard InChI is InChI=1S/C17H26N2/c1-4-14-11-18-15(13-8-6-5-7-9-13)12-19(14)16-10-17(16,2)3/h5-9,14-16,18H,4,10-12H2,1-3H3. The van der Waals surface area contributed by atoms with Gasteiger partial charge in [0.2, 0.25) is 0 Å². The van der Waals surface area contributed by atoms with Crippen LogP contribution in [0.25, 0.3) is 0 Å². The summed E-state index contributed by atoms with van der Waals surface area (Å²) in [5.41, 5.74) is 1.96. The Balaban J connectivity index is 1.74. The van der Waals surface area contributed by atoms with E-state index in [9.17, 15) is 0 Å².